The van der Waals surface area contributed by atoms with E-state index < -0.39 is 5.91 Å². The lowest BCUT2D eigenvalue weighted by molar-refractivity contribution is 0.0949. The Morgan fingerprint density at radius 3 is 2.38 bits per heavy atom. The van der Waals surface area contributed by atoms with Crippen molar-refractivity contribution in [3.63, 3.8) is 0 Å². The molecule has 2 fully saturated rings. The van der Waals surface area contributed by atoms with E-state index in [9.17, 15) is 9.59 Å². The van der Waals surface area contributed by atoms with Crippen LogP contribution in [0.4, 0.5) is 5.69 Å². The zero-order valence-electron chi connectivity index (χ0n) is 19.9. The van der Waals surface area contributed by atoms with Gasteiger partial charge in [0.25, 0.3) is 11.8 Å². The van der Waals surface area contributed by atoms with E-state index in [4.69, 9.17) is 11.5 Å². The van der Waals surface area contributed by atoms with Gasteiger partial charge in [0.1, 0.15) is 0 Å². The topological polar surface area (TPSA) is 128 Å². The molecule has 0 bridgehead atoms. The lowest BCUT2D eigenvalue weighted by atomic mass is 9.75. The Labute approximate surface area is 199 Å². The summed E-state index contributed by atoms with van der Waals surface area (Å²) in [7, 11) is 0. The average Bonchev–Trinajstić information content (AvgIpc) is 3.45. The molecule has 2 heterocycles. The van der Waals surface area contributed by atoms with Gasteiger partial charge >= 0.3 is 0 Å². The number of primary amides is 1. The summed E-state index contributed by atoms with van der Waals surface area (Å²) in [5, 5.41) is 11.0. The molecular weight excluding hydrogens is 428 g/mol. The zero-order chi connectivity index (χ0) is 24.3. The molecule has 2 aliphatic carbocycles. The van der Waals surface area contributed by atoms with E-state index in [0.29, 0.717) is 22.9 Å². The minimum absolute atomic E-state index is 0.0403. The van der Waals surface area contributed by atoms with Crippen LogP contribution in [-0.4, -0.2) is 39.1 Å². The summed E-state index contributed by atoms with van der Waals surface area (Å²) in [5.41, 5.74) is 16.1. The van der Waals surface area contributed by atoms with Crippen LogP contribution < -0.4 is 22.1 Å². The number of carbonyl (C=O) groups excluding carboxylic acids is 2. The van der Waals surface area contributed by atoms with Crippen LogP contribution in [0.1, 0.15) is 67.2 Å². The molecule has 1 aromatic carbocycles. The zero-order valence-corrected chi connectivity index (χ0v) is 19.9. The van der Waals surface area contributed by atoms with Crippen LogP contribution in [0, 0.1) is 5.41 Å². The third kappa shape index (κ3) is 3.81. The third-order valence-corrected chi connectivity index (χ3v) is 7.91. The molecule has 2 aliphatic rings. The van der Waals surface area contributed by atoms with Gasteiger partial charge in [-0.15, -0.1) is 0 Å². The molecule has 178 valence electrons. The first-order valence-corrected chi connectivity index (χ1v) is 11.8. The number of hydrogen-bond acceptors (Lipinski definition) is 5. The van der Waals surface area contributed by atoms with Gasteiger partial charge in [-0.3, -0.25) is 9.59 Å². The first kappa shape index (κ1) is 22.4. The molecule has 2 atom stereocenters. The van der Waals surface area contributed by atoms with Crippen molar-refractivity contribution in [3.05, 3.63) is 53.9 Å². The van der Waals surface area contributed by atoms with Gasteiger partial charge in [0.2, 0.25) is 0 Å². The Morgan fingerprint density at radius 2 is 1.79 bits per heavy atom. The van der Waals surface area contributed by atoms with Crippen molar-refractivity contribution in [3.8, 4) is 11.1 Å². The maximum atomic E-state index is 12.3. The van der Waals surface area contributed by atoms with Crippen LogP contribution in [0.2, 0.25) is 0 Å². The Balaban J connectivity index is 1.49. The highest BCUT2D eigenvalue weighted by atomic mass is 16.2. The van der Waals surface area contributed by atoms with Crippen LogP contribution in [0.5, 0.6) is 0 Å². The van der Waals surface area contributed by atoms with Crippen LogP contribution in [-0.2, 0) is 0 Å². The van der Waals surface area contributed by atoms with Crippen LogP contribution in [0.15, 0.2) is 42.7 Å². The third-order valence-electron chi connectivity index (χ3n) is 7.91. The molecule has 8 nitrogen and oxygen atoms in total. The highest BCUT2D eigenvalue weighted by molar-refractivity contribution is 6.02. The number of hydrogen-bond donors (Lipinski definition) is 4. The number of rotatable bonds is 6. The van der Waals surface area contributed by atoms with Crippen LogP contribution in [0.25, 0.3) is 16.6 Å². The highest BCUT2D eigenvalue weighted by Gasteiger charge is 2.49. The minimum atomic E-state index is -0.530. The molecular formula is C26H32N6O2. The van der Waals surface area contributed by atoms with E-state index in [1.807, 2.05) is 36.5 Å². The van der Waals surface area contributed by atoms with Crippen molar-refractivity contribution in [1.29, 1.82) is 0 Å². The molecule has 0 aliphatic heterocycles. The van der Waals surface area contributed by atoms with Crippen molar-refractivity contribution in [1.82, 2.24) is 14.9 Å². The first-order valence-electron chi connectivity index (χ1n) is 11.8. The molecule has 2 saturated carbocycles. The van der Waals surface area contributed by atoms with Crippen molar-refractivity contribution in [2.45, 2.75) is 64.1 Å². The van der Waals surface area contributed by atoms with E-state index in [1.165, 1.54) is 6.20 Å². The SMILES string of the molecule is CC1(C)[C@H](Nc2c(C(N)=O)cnn3cc(-c4ccc(C(=O)NC5CC5)cc4)cc23)CC[C@]1(C)N. The smallest absolute Gasteiger partial charge is 0.252 e. The summed E-state index contributed by atoms with van der Waals surface area (Å²) < 4.78 is 1.75. The lowest BCUT2D eigenvalue weighted by Gasteiger charge is -2.39. The fourth-order valence-electron chi connectivity index (χ4n) is 4.82. The summed E-state index contributed by atoms with van der Waals surface area (Å²) in [6.07, 6.45) is 7.32. The van der Waals surface area contributed by atoms with Gasteiger partial charge in [-0.25, -0.2) is 4.52 Å². The van der Waals surface area contributed by atoms with Gasteiger partial charge in [-0.1, -0.05) is 26.0 Å². The average molecular weight is 461 g/mol. The number of anilines is 1. The number of benzene rings is 1. The van der Waals surface area contributed by atoms with E-state index in [-0.39, 0.29) is 22.9 Å². The number of fused-ring (bicyclic) bond motifs is 1. The Bertz CT molecular complexity index is 1270. The molecule has 2 aromatic heterocycles. The number of nitrogens with one attached hydrogen (secondary N) is 2. The second-order valence-electron chi connectivity index (χ2n) is 10.6. The van der Waals surface area contributed by atoms with E-state index in [2.05, 4.69) is 36.5 Å². The summed E-state index contributed by atoms with van der Waals surface area (Å²) in [5.74, 6) is -0.570. The Morgan fingerprint density at radius 1 is 1.09 bits per heavy atom. The van der Waals surface area contributed by atoms with Crippen molar-refractivity contribution in [2.24, 2.45) is 16.9 Å². The Hall–Kier alpha value is -3.39. The molecule has 0 unspecified atom stereocenters. The van der Waals surface area contributed by atoms with Gasteiger partial charge in [0.05, 0.1) is 23.0 Å². The number of nitrogens with two attached hydrogens (primary N) is 2. The number of amides is 2. The van der Waals surface area contributed by atoms with Gasteiger partial charge in [0.15, 0.2) is 0 Å². The molecule has 6 N–H and O–H groups in total. The quantitative estimate of drug-likeness (QED) is 0.449. The molecule has 3 aromatic rings. The van der Waals surface area contributed by atoms with E-state index in [0.717, 1.165) is 42.3 Å². The van der Waals surface area contributed by atoms with Crippen molar-refractivity contribution < 1.29 is 9.59 Å². The first-order chi connectivity index (χ1) is 16.1. The van der Waals surface area contributed by atoms with Crippen LogP contribution >= 0.6 is 0 Å². The predicted octanol–water partition coefficient (Wildman–Crippen LogP) is 3.31. The number of aromatic nitrogens is 2. The second kappa shape index (κ2) is 7.84. The fraction of sp³-hybridized carbons (Fsp3) is 0.423. The molecule has 2 amide bonds. The van der Waals surface area contributed by atoms with Gasteiger partial charge in [-0.2, -0.15) is 5.10 Å². The molecule has 0 radical (unpaired) electrons. The maximum absolute atomic E-state index is 12.3. The monoisotopic (exact) mass is 460 g/mol. The van der Waals surface area contributed by atoms with Gasteiger partial charge in [-0.05, 0) is 56.4 Å². The van der Waals surface area contributed by atoms with Crippen LogP contribution in [0.3, 0.4) is 0 Å². The molecule has 34 heavy (non-hydrogen) atoms. The van der Waals surface area contributed by atoms with Gasteiger partial charge in [0, 0.05) is 40.4 Å². The summed E-state index contributed by atoms with van der Waals surface area (Å²) in [6, 6.07) is 9.92. The molecule has 8 heteroatoms. The fourth-order valence-corrected chi connectivity index (χ4v) is 4.82. The van der Waals surface area contributed by atoms with Gasteiger partial charge < -0.3 is 22.1 Å². The van der Waals surface area contributed by atoms with Crippen molar-refractivity contribution in [2.75, 3.05) is 5.32 Å². The summed E-state index contributed by atoms with van der Waals surface area (Å²) in [6.45, 7) is 6.39. The normalized spacial score (nSPS) is 23.7. The second-order valence-corrected chi connectivity index (χ2v) is 10.6. The molecule has 5 rings (SSSR count). The standard InChI is InChI=1S/C26H32N6O2/c1-25(2)21(10-11-26(25,3)28)31-22-19(23(27)33)13-29-32-14-17(12-20(22)32)15-4-6-16(7-5-15)24(34)30-18-8-9-18/h4-7,12-14,18,21,31H,8-11,28H2,1-3H3,(H2,27,33)(H,30,34)/t21-,26+/m1/s1. The number of nitrogens with zero attached hydrogens (tertiary/aromatic N) is 2. The Kier molecular flexibility index (Phi) is 5.16. The van der Waals surface area contributed by atoms with E-state index in [1.54, 1.807) is 4.52 Å². The molecule has 0 spiro atoms. The maximum Gasteiger partial charge on any atom is 0.252 e. The summed E-state index contributed by atoms with van der Waals surface area (Å²) in [4.78, 5) is 24.6. The molecule has 0 saturated heterocycles. The summed E-state index contributed by atoms with van der Waals surface area (Å²) >= 11 is 0. The lowest BCUT2D eigenvalue weighted by Crippen LogP contribution is -2.51. The van der Waals surface area contributed by atoms with Crippen molar-refractivity contribution >= 4 is 23.0 Å². The minimum Gasteiger partial charge on any atom is -0.379 e. The highest BCUT2D eigenvalue weighted by Crippen LogP contribution is 2.46. The van der Waals surface area contributed by atoms with E-state index >= 15 is 0 Å². The largest absolute Gasteiger partial charge is 0.379 e. The number of carbonyl (C=O) groups is 2. The predicted molar refractivity (Wildman–Crippen MR) is 133 cm³/mol.